The van der Waals surface area contributed by atoms with Gasteiger partial charge in [0.15, 0.2) is 12.4 Å². The highest BCUT2D eigenvalue weighted by Gasteiger charge is 2.37. The van der Waals surface area contributed by atoms with Crippen LogP contribution in [0.3, 0.4) is 0 Å². The van der Waals surface area contributed by atoms with Crippen molar-refractivity contribution in [1.82, 2.24) is 9.88 Å². The van der Waals surface area contributed by atoms with Crippen LogP contribution < -0.4 is 0 Å². The van der Waals surface area contributed by atoms with Gasteiger partial charge in [-0.1, -0.05) is 23.4 Å². The lowest BCUT2D eigenvalue weighted by Gasteiger charge is -2.11. The van der Waals surface area contributed by atoms with E-state index in [4.69, 9.17) is 16.3 Å². The molecule has 0 bridgehead atoms. The van der Waals surface area contributed by atoms with Gasteiger partial charge in [0, 0.05) is 30.3 Å². The summed E-state index contributed by atoms with van der Waals surface area (Å²) in [6, 6.07) is 9.28. The summed E-state index contributed by atoms with van der Waals surface area (Å²) in [7, 11) is 1.42. The molecule has 28 heavy (non-hydrogen) atoms. The van der Waals surface area contributed by atoms with E-state index in [9.17, 15) is 19.2 Å². The number of halogens is 1. The first kappa shape index (κ1) is 20.0. The maximum Gasteiger partial charge on any atom is 0.341 e. The molecule has 7 nitrogen and oxygen atoms in total. The Bertz CT molecular complexity index is 948. The van der Waals surface area contributed by atoms with Gasteiger partial charge in [0.2, 0.25) is 11.8 Å². The molecular weight excluding hydrogens is 404 g/mol. The standard InChI is InChI=1S/C19H15ClN2O5S/c1-22-16(24)9-15(18(22)25)28-17-13(3-2-8-21-17)19(26)27-10-14(23)11-4-6-12(20)7-5-11/h2-8,15H,9-10H2,1H3. The summed E-state index contributed by atoms with van der Waals surface area (Å²) in [5.74, 6) is -1.72. The van der Waals surface area contributed by atoms with Crippen molar-refractivity contribution in [2.45, 2.75) is 16.7 Å². The smallest absolute Gasteiger partial charge is 0.341 e. The van der Waals surface area contributed by atoms with E-state index in [1.807, 2.05) is 0 Å². The van der Waals surface area contributed by atoms with E-state index in [1.165, 1.54) is 19.3 Å². The third-order valence-corrected chi connectivity index (χ3v) is 5.54. The molecule has 1 atom stereocenters. The monoisotopic (exact) mass is 418 g/mol. The molecule has 2 amide bonds. The van der Waals surface area contributed by atoms with E-state index in [2.05, 4.69) is 4.98 Å². The number of hydrogen-bond donors (Lipinski definition) is 0. The van der Waals surface area contributed by atoms with Crippen molar-refractivity contribution in [2.75, 3.05) is 13.7 Å². The Balaban J connectivity index is 1.67. The van der Waals surface area contributed by atoms with Crippen LogP contribution in [0.2, 0.25) is 5.02 Å². The lowest BCUT2D eigenvalue weighted by Crippen LogP contribution is -2.26. The summed E-state index contributed by atoms with van der Waals surface area (Å²) >= 11 is 6.82. The normalized spacial score (nSPS) is 16.4. The highest BCUT2D eigenvalue weighted by molar-refractivity contribution is 8.00. The second-order valence-electron chi connectivity index (χ2n) is 5.96. The zero-order chi connectivity index (χ0) is 20.3. The van der Waals surface area contributed by atoms with Crippen LogP contribution in [0.15, 0.2) is 47.6 Å². The van der Waals surface area contributed by atoms with Gasteiger partial charge >= 0.3 is 5.97 Å². The molecule has 1 saturated heterocycles. The lowest BCUT2D eigenvalue weighted by molar-refractivity contribution is -0.136. The molecule has 9 heteroatoms. The summed E-state index contributed by atoms with van der Waals surface area (Å²) in [5.41, 5.74) is 0.502. The van der Waals surface area contributed by atoms with E-state index in [-0.39, 0.29) is 34.6 Å². The summed E-state index contributed by atoms with van der Waals surface area (Å²) < 4.78 is 5.11. The fraction of sp³-hybridized carbons (Fsp3) is 0.211. The van der Waals surface area contributed by atoms with E-state index in [1.54, 1.807) is 30.3 Å². The Morgan fingerprint density at radius 3 is 2.61 bits per heavy atom. The van der Waals surface area contributed by atoms with Gasteiger partial charge in [-0.25, -0.2) is 9.78 Å². The number of benzene rings is 1. The molecule has 1 unspecified atom stereocenters. The molecule has 2 aromatic rings. The van der Waals surface area contributed by atoms with Crippen LogP contribution in [0.25, 0.3) is 0 Å². The number of aromatic nitrogens is 1. The van der Waals surface area contributed by atoms with Gasteiger partial charge in [-0.2, -0.15) is 0 Å². The molecule has 1 fully saturated rings. The highest BCUT2D eigenvalue weighted by Crippen LogP contribution is 2.31. The number of hydrogen-bond acceptors (Lipinski definition) is 7. The first-order chi connectivity index (χ1) is 13.4. The number of thioether (sulfide) groups is 1. The molecule has 144 valence electrons. The number of likely N-dealkylation sites (tertiary alicyclic amines) is 1. The van der Waals surface area contributed by atoms with Crippen molar-refractivity contribution in [1.29, 1.82) is 0 Å². The predicted molar refractivity (Wildman–Crippen MR) is 102 cm³/mol. The lowest BCUT2D eigenvalue weighted by atomic mass is 10.1. The fourth-order valence-electron chi connectivity index (χ4n) is 2.52. The minimum Gasteiger partial charge on any atom is -0.454 e. The number of nitrogens with zero attached hydrogens (tertiary/aromatic N) is 2. The highest BCUT2D eigenvalue weighted by atomic mass is 35.5. The van der Waals surface area contributed by atoms with Gasteiger partial charge in [0.1, 0.15) is 5.03 Å². The number of esters is 1. The minimum atomic E-state index is -0.733. The predicted octanol–water partition coefficient (Wildman–Crippen LogP) is 2.62. The Labute approximate surface area is 170 Å². The second-order valence-corrected chi connectivity index (χ2v) is 7.59. The number of pyridine rings is 1. The van der Waals surface area contributed by atoms with Crippen molar-refractivity contribution in [3.05, 3.63) is 58.7 Å². The summed E-state index contributed by atoms with van der Waals surface area (Å²) in [4.78, 5) is 53.5. The molecule has 0 aliphatic carbocycles. The summed E-state index contributed by atoms with van der Waals surface area (Å²) in [5, 5.41) is 0.124. The summed E-state index contributed by atoms with van der Waals surface area (Å²) in [6.07, 6.45) is 1.52. The molecule has 0 N–H and O–H groups in total. The average Bonchev–Trinajstić information content (AvgIpc) is 2.93. The number of ketones is 1. The van der Waals surface area contributed by atoms with E-state index in [0.717, 1.165) is 16.7 Å². The van der Waals surface area contributed by atoms with Gasteiger partial charge < -0.3 is 4.74 Å². The number of imide groups is 1. The van der Waals surface area contributed by atoms with Crippen LogP contribution in [0.1, 0.15) is 27.1 Å². The Morgan fingerprint density at radius 1 is 1.25 bits per heavy atom. The van der Waals surface area contributed by atoms with Crippen molar-refractivity contribution in [3.63, 3.8) is 0 Å². The number of carbonyl (C=O) groups is 4. The molecule has 1 aromatic heterocycles. The van der Waals surface area contributed by atoms with Crippen LogP contribution in [0.5, 0.6) is 0 Å². The van der Waals surface area contributed by atoms with Crippen LogP contribution in [-0.4, -0.2) is 52.4 Å². The molecular formula is C19H15ClN2O5S. The zero-order valence-electron chi connectivity index (χ0n) is 14.8. The molecule has 1 aliphatic heterocycles. The number of carbonyl (C=O) groups excluding carboxylic acids is 4. The van der Waals surface area contributed by atoms with Crippen molar-refractivity contribution < 1.29 is 23.9 Å². The molecule has 0 radical (unpaired) electrons. The van der Waals surface area contributed by atoms with E-state index >= 15 is 0 Å². The number of rotatable bonds is 6. The first-order valence-electron chi connectivity index (χ1n) is 8.25. The van der Waals surface area contributed by atoms with Crippen molar-refractivity contribution in [3.8, 4) is 0 Å². The molecule has 3 rings (SSSR count). The van der Waals surface area contributed by atoms with E-state index in [0.29, 0.717) is 10.6 Å². The van der Waals surface area contributed by atoms with Crippen LogP contribution in [-0.2, 0) is 14.3 Å². The SMILES string of the molecule is CN1C(=O)CC(Sc2ncccc2C(=O)OCC(=O)c2ccc(Cl)cc2)C1=O. The van der Waals surface area contributed by atoms with Gasteiger partial charge in [0.25, 0.3) is 0 Å². The molecule has 0 saturated carbocycles. The third kappa shape index (κ3) is 4.40. The first-order valence-corrected chi connectivity index (χ1v) is 9.50. The number of Topliss-reactive ketones (excluding diaryl/α,β-unsaturated/α-hetero) is 1. The van der Waals surface area contributed by atoms with Gasteiger partial charge in [-0.05, 0) is 36.4 Å². The maximum absolute atomic E-state index is 12.4. The Kier molecular flexibility index (Phi) is 6.11. The fourth-order valence-corrected chi connectivity index (χ4v) is 3.80. The molecule has 1 aliphatic rings. The average molecular weight is 419 g/mol. The maximum atomic E-state index is 12.4. The zero-order valence-corrected chi connectivity index (χ0v) is 16.3. The topological polar surface area (TPSA) is 93.6 Å². The van der Waals surface area contributed by atoms with Gasteiger partial charge in [0.05, 0.1) is 10.8 Å². The van der Waals surface area contributed by atoms with Crippen molar-refractivity contribution >= 4 is 46.9 Å². The third-order valence-electron chi connectivity index (χ3n) is 4.09. The van der Waals surface area contributed by atoms with Crippen LogP contribution in [0, 0.1) is 0 Å². The second kappa shape index (κ2) is 8.53. The molecule has 1 aromatic carbocycles. The van der Waals surface area contributed by atoms with Gasteiger partial charge in [-0.15, -0.1) is 0 Å². The molecule has 0 spiro atoms. The number of ether oxygens (including phenoxy) is 1. The number of amides is 2. The molecule has 2 heterocycles. The summed E-state index contributed by atoms with van der Waals surface area (Å²) in [6.45, 7) is -0.441. The Hall–Kier alpha value is -2.71. The largest absolute Gasteiger partial charge is 0.454 e. The van der Waals surface area contributed by atoms with Crippen molar-refractivity contribution in [2.24, 2.45) is 0 Å². The Morgan fingerprint density at radius 2 is 1.96 bits per heavy atom. The van der Waals surface area contributed by atoms with Crippen LogP contribution in [0.4, 0.5) is 0 Å². The minimum absolute atomic E-state index is 0.0418. The van der Waals surface area contributed by atoms with E-state index < -0.39 is 17.8 Å². The van der Waals surface area contributed by atoms with Gasteiger partial charge in [-0.3, -0.25) is 19.3 Å². The quantitative estimate of drug-likeness (QED) is 0.404. The van der Waals surface area contributed by atoms with Crippen LogP contribution >= 0.6 is 23.4 Å².